The quantitative estimate of drug-likeness (QED) is 0.709. The summed E-state index contributed by atoms with van der Waals surface area (Å²) in [6.07, 6.45) is 3.46. The highest BCUT2D eigenvalue weighted by atomic mass is 35.5. The fraction of sp³-hybridized carbons (Fsp3) is 0.571. The molecule has 0 saturated heterocycles. The van der Waals surface area contributed by atoms with Gasteiger partial charge in [-0.1, -0.05) is 56.5 Å². The molecule has 1 aromatic carbocycles. The van der Waals surface area contributed by atoms with Crippen molar-refractivity contribution in [2.24, 2.45) is 5.92 Å². The molecule has 1 rings (SSSR count). The Bertz CT molecular complexity index is 352. The van der Waals surface area contributed by atoms with Gasteiger partial charge in [-0.3, -0.25) is 0 Å². The fourth-order valence-corrected chi connectivity index (χ4v) is 2.17. The maximum Gasteiger partial charge on any atom is 0.0823 e. The number of hydrogen-bond donors (Lipinski definition) is 1. The van der Waals surface area contributed by atoms with Crippen LogP contribution in [0, 0.1) is 5.92 Å². The molecule has 1 N–H and O–H groups in total. The highest BCUT2D eigenvalue weighted by Crippen LogP contribution is 2.31. The summed E-state index contributed by atoms with van der Waals surface area (Å²) >= 11 is 12.2. The normalized spacial score (nSPS) is 14.4. The second-order valence-corrected chi connectivity index (χ2v) is 5.39. The Morgan fingerprint density at radius 2 is 1.88 bits per heavy atom. The summed E-state index contributed by atoms with van der Waals surface area (Å²) in [5, 5.41) is 4.72. The first-order chi connectivity index (χ1) is 8.08. The lowest BCUT2D eigenvalue weighted by atomic mass is 9.97. The standard InChI is InChI=1S/C14H21Cl2N/c1-4-10(3)9-11(5-2)17-13-8-6-7-12(15)14(13)16/h6-8,10-11,17H,4-5,9H2,1-3H3. The summed E-state index contributed by atoms with van der Waals surface area (Å²) in [4.78, 5) is 0. The topological polar surface area (TPSA) is 12.0 Å². The van der Waals surface area contributed by atoms with Gasteiger partial charge >= 0.3 is 0 Å². The van der Waals surface area contributed by atoms with E-state index in [-0.39, 0.29) is 0 Å². The Morgan fingerprint density at radius 1 is 1.18 bits per heavy atom. The second kappa shape index (κ2) is 7.13. The van der Waals surface area contributed by atoms with Crippen molar-refractivity contribution in [2.75, 3.05) is 5.32 Å². The minimum atomic E-state index is 0.459. The van der Waals surface area contributed by atoms with E-state index < -0.39 is 0 Å². The predicted octanol–water partition coefficient (Wildman–Crippen LogP) is 5.62. The Hall–Kier alpha value is -0.400. The van der Waals surface area contributed by atoms with Gasteiger partial charge in [0.2, 0.25) is 0 Å². The van der Waals surface area contributed by atoms with E-state index in [2.05, 4.69) is 26.1 Å². The Morgan fingerprint density at radius 3 is 2.47 bits per heavy atom. The van der Waals surface area contributed by atoms with Crippen LogP contribution < -0.4 is 5.32 Å². The summed E-state index contributed by atoms with van der Waals surface area (Å²) in [7, 11) is 0. The van der Waals surface area contributed by atoms with Gasteiger partial charge in [0.1, 0.15) is 0 Å². The first kappa shape index (κ1) is 14.7. The minimum absolute atomic E-state index is 0.459. The SMILES string of the molecule is CCC(C)CC(CC)Nc1cccc(Cl)c1Cl. The second-order valence-electron chi connectivity index (χ2n) is 4.60. The van der Waals surface area contributed by atoms with Crippen molar-refractivity contribution in [3.63, 3.8) is 0 Å². The average Bonchev–Trinajstić information content (AvgIpc) is 2.33. The van der Waals surface area contributed by atoms with Gasteiger partial charge in [-0.2, -0.15) is 0 Å². The van der Waals surface area contributed by atoms with Gasteiger partial charge in [-0.05, 0) is 30.9 Å². The third kappa shape index (κ3) is 4.40. The van der Waals surface area contributed by atoms with E-state index in [1.165, 1.54) is 6.42 Å². The van der Waals surface area contributed by atoms with Crippen LogP contribution >= 0.6 is 23.2 Å². The highest BCUT2D eigenvalue weighted by molar-refractivity contribution is 6.43. The lowest BCUT2D eigenvalue weighted by Gasteiger charge is -2.22. The molecule has 0 radical (unpaired) electrons. The van der Waals surface area contributed by atoms with Gasteiger partial charge in [0, 0.05) is 6.04 Å². The third-order valence-corrected chi connectivity index (χ3v) is 4.01. The number of halogens is 2. The van der Waals surface area contributed by atoms with E-state index in [0.29, 0.717) is 16.1 Å². The van der Waals surface area contributed by atoms with Crippen LogP contribution in [-0.4, -0.2) is 6.04 Å². The molecule has 2 atom stereocenters. The van der Waals surface area contributed by atoms with Gasteiger partial charge in [-0.25, -0.2) is 0 Å². The molecule has 1 nitrogen and oxygen atoms in total. The van der Waals surface area contributed by atoms with Crippen LogP contribution in [0.15, 0.2) is 18.2 Å². The molecule has 0 aliphatic carbocycles. The van der Waals surface area contributed by atoms with Crippen LogP contribution in [0.3, 0.4) is 0 Å². The van der Waals surface area contributed by atoms with Crippen molar-refractivity contribution < 1.29 is 0 Å². The molecule has 1 aromatic rings. The molecule has 0 bridgehead atoms. The molecular weight excluding hydrogens is 253 g/mol. The molecule has 2 unspecified atom stereocenters. The number of anilines is 1. The zero-order valence-electron chi connectivity index (χ0n) is 10.8. The molecule has 3 heteroatoms. The first-order valence-corrected chi connectivity index (χ1v) is 7.04. The van der Waals surface area contributed by atoms with Gasteiger partial charge < -0.3 is 5.32 Å². The maximum atomic E-state index is 6.17. The van der Waals surface area contributed by atoms with Crippen molar-refractivity contribution in [1.29, 1.82) is 0 Å². The average molecular weight is 274 g/mol. The number of rotatable bonds is 6. The largest absolute Gasteiger partial charge is 0.381 e. The molecule has 0 fully saturated rings. The van der Waals surface area contributed by atoms with Crippen LogP contribution in [0.1, 0.15) is 40.0 Å². The summed E-state index contributed by atoms with van der Waals surface area (Å²) in [6, 6.07) is 6.17. The summed E-state index contributed by atoms with van der Waals surface area (Å²) in [5.74, 6) is 0.727. The van der Waals surface area contributed by atoms with Gasteiger partial charge in [0.25, 0.3) is 0 Å². The maximum absolute atomic E-state index is 6.17. The molecular formula is C14H21Cl2N. The summed E-state index contributed by atoms with van der Waals surface area (Å²) in [6.45, 7) is 6.70. The zero-order valence-corrected chi connectivity index (χ0v) is 12.3. The number of benzene rings is 1. The van der Waals surface area contributed by atoms with Crippen molar-refractivity contribution in [3.8, 4) is 0 Å². The summed E-state index contributed by atoms with van der Waals surface area (Å²) in [5.41, 5.74) is 0.939. The first-order valence-electron chi connectivity index (χ1n) is 6.29. The molecule has 0 amide bonds. The molecule has 0 aliphatic heterocycles. The Labute approximate surface area is 115 Å². The fourth-order valence-electron chi connectivity index (χ4n) is 1.82. The van der Waals surface area contributed by atoms with E-state index in [4.69, 9.17) is 23.2 Å². The lowest BCUT2D eigenvalue weighted by molar-refractivity contribution is 0.462. The molecule has 0 saturated carbocycles. The Balaban J connectivity index is 2.70. The predicted molar refractivity (Wildman–Crippen MR) is 78.2 cm³/mol. The molecule has 0 aliphatic rings. The molecule has 0 spiro atoms. The van der Waals surface area contributed by atoms with Crippen molar-refractivity contribution in [1.82, 2.24) is 0 Å². The zero-order chi connectivity index (χ0) is 12.8. The van der Waals surface area contributed by atoms with Gasteiger partial charge in [0.15, 0.2) is 0 Å². The molecule has 0 heterocycles. The minimum Gasteiger partial charge on any atom is -0.381 e. The van der Waals surface area contributed by atoms with Crippen molar-refractivity contribution >= 4 is 28.9 Å². The van der Waals surface area contributed by atoms with Crippen LogP contribution in [0.2, 0.25) is 10.0 Å². The van der Waals surface area contributed by atoms with Crippen LogP contribution in [0.5, 0.6) is 0 Å². The highest BCUT2D eigenvalue weighted by Gasteiger charge is 2.12. The number of nitrogens with one attached hydrogen (secondary N) is 1. The monoisotopic (exact) mass is 273 g/mol. The Kier molecular flexibility index (Phi) is 6.15. The van der Waals surface area contributed by atoms with Gasteiger partial charge in [0.05, 0.1) is 15.7 Å². The van der Waals surface area contributed by atoms with E-state index in [0.717, 1.165) is 24.4 Å². The molecule has 96 valence electrons. The van der Waals surface area contributed by atoms with E-state index >= 15 is 0 Å². The van der Waals surface area contributed by atoms with E-state index in [1.807, 2.05) is 18.2 Å². The molecule has 0 aromatic heterocycles. The van der Waals surface area contributed by atoms with Crippen LogP contribution in [0.4, 0.5) is 5.69 Å². The third-order valence-electron chi connectivity index (χ3n) is 3.19. The molecule has 17 heavy (non-hydrogen) atoms. The van der Waals surface area contributed by atoms with E-state index in [9.17, 15) is 0 Å². The lowest BCUT2D eigenvalue weighted by Crippen LogP contribution is -2.21. The van der Waals surface area contributed by atoms with Crippen molar-refractivity contribution in [2.45, 2.75) is 46.1 Å². The van der Waals surface area contributed by atoms with Crippen LogP contribution in [0.25, 0.3) is 0 Å². The smallest absolute Gasteiger partial charge is 0.0823 e. The number of hydrogen-bond acceptors (Lipinski definition) is 1. The van der Waals surface area contributed by atoms with Gasteiger partial charge in [-0.15, -0.1) is 0 Å². The van der Waals surface area contributed by atoms with Crippen molar-refractivity contribution in [3.05, 3.63) is 28.2 Å². The van der Waals surface area contributed by atoms with Crippen LogP contribution in [-0.2, 0) is 0 Å². The summed E-state index contributed by atoms with van der Waals surface area (Å²) < 4.78 is 0. The van der Waals surface area contributed by atoms with E-state index in [1.54, 1.807) is 0 Å².